The summed E-state index contributed by atoms with van der Waals surface area (Å²) in [6.07, 6.45) is 2.24. The van der Waals surface area contributed by atoms with Crippen LogP contribution in [0.25, 0.3) is 11.0 Å². The van der Waals surface area contributed by atoms with Gasteiger partial charge in [-0.15, -0.1) is 0 Å². The summed E-state index contributed by atoms with van der Waals surface area (Å²) in [4.78, 5) is 3.56. The molecular weight excluding hydrogens is 244 g/mol. The molecule has 2 heteroatoms. The summed E-state index contributed by atoms with van der Waals surface area (Å²) in [5.74, 6) is 1.31. The summed E-state index contributed by atoms with van der Waals surface area (Å²) in [6, 6.07) is 17.4. The van der Waals surface area contributed by atoms with Crippen LogP contribution in [0.5, 0.6) is 0 Å². The zero-order valence-corrected chi connectivity index (χ0v) is 12.2. The molecule has 3 aromatic rings. The highest BCUT2D eigenvalue weighted by molar-refractivity contribution is 5.71. The number of benzene rings is 2. The molecule has 102 valence electrons. The Labute approximate surface area is 120 Å². The van der Waals surface area contributed by atoms with Crippen molar-refractivity contribution in [1.29, 1.82) is 0 Å². The first kappa shape index (κ1) is 12.9. The highest BCUT2D eigenvalue weighted by Crippen LogP contribution is 2.12. The summed E-state index contributed by atoms with van der Waals surface area (Å²) in [5.41, 5.74) is 5.17. The molecule has 3 rings (SSSR count). The molecule has 0 bridgehead atoms. The Balaban J connectivity index is 2.04. The third kappa shape index (κ3) is 2.46. The van der Waals surface area contributed by atoms with Crippen LogP contribution in [0.1, 0.15) is 30.3 Å². The van der Waals surface area contributed by atoms with E-state index < -0.39 is 0 Å². The molecule has 0 amide bonds. The van der Waals surface area contributed by atoms with E-state index in [-0.39, 0.29) is 0 Å². The van der Waals surface area contributed by atoms with Gasteiger partial charge in [0.2, 0.25) is 0 Å². The number of nitrogens with one attached hydrogen (secondary N) is 1. The van der Waals surface area contributed by atoms with Gasteiger partial charge in [0.15, 0.2) is 11.0 Å². The molecule has 0 radical (unpaired) electrons. The Bertz CT molecular complexity index is 708. The third-order valence-electron chi connectivity index (χ3n) is 3.75. The summed E-state index contributed by atoms with van der Waals surface area (Å²) in [5, 5.41) is 0. The van der Waals surface area contributed by atoms with Crippen LogP contribution in [0.3, 0.4) is 0 Å². The van der Waals surface area contributed by atoms with Crippen LogP contribution in [0.4, 0.5) is 0 Å². The fourth-order valence-corrected chi connectivity index (χ4v) is 2.67. The van der Waals surface area contributed by atoms with Crippen LogP contribution in [0.2, 0.25) is 0 Å². The Morgan fingerprint density at radius 1 is 1.00 bits per heavy atom. The molecule has 1 aromatic heterocycles. The maximum atomic E-state index is 3.56. The van der Waals surface area contributed by atoms with Gasteiger partial charge in [0.25, 0.3) is 5.82 Å². The van der Waals surface area contributed by atoms with Crippen LogP contribution in [0, 0.1) is 6.92 Å². The molecule has 0 spiro atoms. The van der Waals surface area contributed by atoms with Crippen molar-refractivity contribution in [3.63, 3.8) is 0 Å². The van der Waals surface area contributed by atoms with Crippen molar-refractivity contribution in [3.8, 4) is 0 Å². The topological polar surface area (TPSA) is 19.7 Å². The predicted octanol–water partition coefficient (Wildman–Crippen LogP) is 3.76. The average Bonchev–Trinajstić information content (AvgIpc) is 2.80. The van der Waals surface area contributed by atoms with E-state index in [0.29, 0.717) is 0 Å². The van der Waals surface area contributed by atoms with Crippen LogP contribution in [0.15, 0.2) is 48.5 Å². The number of hydrogen-bond acceptors (Lipinski definition) is 0. The van der Waals surface area contributed by atoms with Crippen molar-refractivity contribution in [2.75, 3.05) is 0 Å². The van der Waals surface area contributed by atoms with Gasteiger partial charge in [0, 0.05) is 6.42 Å². The number of nitrogens with zero attached hydrogens (tertiary/aromatic N) is 1. The zero-order chi connectivity index (χ0) is 13.9. The van der Waals surface area contributed by atoms with Gasteiger partial charge >= 0.3 is 0 Å². The molecule has 0 aliphatic heterocycles. The van der Waals surface area contributed by atoms with E-state index in [0.717, 1.165) is 19.4 Å². The first-order chi connectivity index (χ1) is 9.78. The first-order valence-corrected chi connectivity index (χ1v) is 7.33. The molecule has 1 N–H and O–H groups in total. The Hall–Kier alpha value is -2.09. The van der Waals surface area contributed by atoms with Crippen molar-refractivity contribution in [2.45, 2.75) is 33.2 Å². The highest BCUT2D eigenvalue weighted by Gasteiger charge is 2.17. The van der Waals surface area contributed by atoms with Gasteiger partial charge in [-0.2, -0.15) is 0 Å². The van der Waals surface area contributed by atoms with Crippen molar-refractivity contribution < 1.29 is 4.57 Å². The van der Waals surface area contributed by atoms with E-state index >= 15 is 0 Å². The minimum absolute atomic E-state index is 0.930. The van der Waals surface area contributed by atoms with Gasteiger partial charge in [-0.25, -0.2) is 9.55 Å². The lowest BCUT2D eigenvalue weighted by Crippen LogP contribution is -2.37. The lowest BCUT2D eigenvalue weighted by Gasteiger charge is -2.03. The summed E-state index contributed by atoms with van der Waals surface area (Å²) >= 11 is 0. The van der Waals surface area contributed by atoms with Crippen LogP contribution < -0.4 is 4.57 Å². The SMILES string of the molecule is CCCc1[nH]c2ccccc2[n+]1Cc1ccc(C)cc1. The Morgan fingerprint density at radius 2 is 1.75 bits per heavy atom. The van der Waals surface area contributed by atoms with E-state index in [9.17, 15) is 0 Å². The van der Waals surface area contributed by atoms with Gasteiger partial charge in [0.1, 0.15) is 6.54 Å². The fraction of sp³-hybridized carbons (Fsp3) is 0.278. The van der Waals surface area contributed by atoms with Crippen molar-refractivity contribution in [3.05, 3.63) is 65.5 Å². The van der Waals surface area contributed by atoms with E-state index in [4.69, 9.17) is 0 Å². The molecule has 0 fully saturated rings. The van der Waals surface area contributed by atoms with Crippen molar-refractivity contribution >= 4 is 11.0 Å². The van der Waals surface area contributed by atoms with Crippen LogP contribution >= 0.6 is 0 Å². The van der Waals surface area contributed by atoms with Gasteiger partial charge < -0.3 is 0 Å². The zero-order valence-electron chi connectivity index (χ0n) is 12.2. The number of imidazole rings is 1. The number of hydrogen-bond donors (Lipinski definition) is 1. The van der Waals surface area contributed by atoms with E-state index in [2.05, 4.69) is 71.9 Å². The molecule has 0 aliphatic carbocycles. The second-order valence-corrected chi connectivity index (χ2v) is 5.41. The predicted molar refractivity (Wildman–Crippen MR) is 82.8 cm³/mol. The minimum Gasteiger partial charge on any atom is -0.241 e. The molecule has 2 aromatic carbocycles. The van der Waals surface area contributed by atoms with Crippen LogP contribution in [-0.2, 0) is 13.0 Å². The number of para-hydroxylation sites is 2. The Kier molecular flexibility index (Phi) is 3.55. The van der Waals surface area contributed by atoms with Crippen molar-refractivity contribution in [1.82, 2.24) is 4.98 Å². The third-order valence-corrected chi connectivity index (χ3v) is 3.75. The summed E-state index contributed by atoms with van der Waals surface area (Å²) < 4.78 is 2.41. The van der Waals surface area contributed by atoms with Crippen LogP contribution in [-0.4, -0.2) is 4.98 Å². The molecule has 0 atom stereocenters. The number of rotatable bonds is 4. The van der Waals surface area contributed by atoms with E-state index in [1.807, 2.05) is 0 Å². The quantitative estimate of drug-likeness (QED) is 0.693. The molecule has 0 saturated heterocycles. The minimum atomic E-state index is 0.930. The number of aromatic amines is 1. The number of aryl methyl sites for hydroxylation is 2. The van der Waals surface area contributed by atoms with Gasteiger partial charge in [0.05, 0.1) is 0 Å². The summed E-state index contributed by atoms with van der Waals surface area (Å²) in [7, 11) is 0. The lowest BCUT2D eigenvalue weighted by molar-refractivity contribution is -0.670. The second-order valence-electron chi connectivity index (χ2n) is 5.41. The van der Waals surface area contributed by atoms with Gasteiger partial charge in [-0.1, -0.05) is 48.9 Å². The molecule has 0 saturated carbocycles. The lowest BCUT2D eigenvalue weighted by atomic mass is 10.1. The standard InChI is InChI=1S/C18H20N2/c1-3-6-18-19-16-7-4-5-8-17(16)20(18)13-15-11-9-14(2)10-12-15/h4-5,7-12H,3,6,13H2,1-2H3/p+1. The number of aromatic nitrogens is 2. The summed E-state index contributed by atoms with van der Waals surface area (Å²) in [6.45, 7) is 5.28. The second kappa shape index (κ2) is 5.49. The number of fused-ring (bicyclic) bond motifs is 1. The largest absolute Gasteiger partial charge is 0.255 e. The Morgan fingerprint density at radius 3 is 2.50 bits per heavy atom. The van der Waals surface area contributed by atoms with Gasteiger partial charge in [-0.05, 0) is 31.0 Å². The highest BCUT2D eigenvalue weighted by atomic mass is 15.1. The molecule has 2 nitrogen and oxygen atoms in total. The normalized spacial score (nSPS) is 11.1. The molecular formula is C18H21N2+. The average molecular weight is 265 g/mol. The maximum Gasteiger partial charge on any atom is 0.255 e. The number of H-pyrrole nitrogens is 1. The van der Waals surface area contributed by atoms with Gasteiger partial charge in [-0.3, -0.25) is 0 Å². The maximum absolute atomic E-state index is 3.56. The smallest absolute Gasteiger partial charge is 0.241 e. The monoisotopic (exact) mass is 265 g/mol. The fourth-order valence-electron chi connectivity index (χ4n) is 2.67. The van der Waals surface area contributed by atoms with Crippen molar-refractivity contribution in [2.24, 2.45) is 0 Å². The molecule has 20 heavy (non-hydrogen) atoms. The van der Waals surface area contributed by atoms with E-state index in [1.54, 1.807) is 0 Å². The van der Waals surface area contributed by atoms with E-state index in [1.165, 1.54) is 28.0 Å². The molecule has 0 aliphatic rings. The molecule has 1 heterocycles. The molecule has 0 unspecified atom stereocenters. The first-order valence-electron chi connectivity index (χ1n) is 7.33.